The summed E-state index contributed by atoms with van der Waals surface area (Å²) in [4.78, 5) is 24.9. The number of aromatic nitrogens is 2. The Bertz CT molecular complexity index is 856. The van der Waals surface area contributed by atoms with Gasteiger partial charge >= 0.3 is 0 Å². The molecule has 0 atom stereocenters. The standard InChI is InChI=1S/C20H24F2N4O3/c1-11(2)29-13-8-6-12(7-9-13)24-20(28)18-16(10-23-26-18)25-19(27)17-14(21)4-3-5-15(17)22/h3-5,10-13H,6-9H2,1-2H3,(H,23,26)(H,24,28)(H,25,27). The molecule has 0 radical (unpaired) electrons. The van der Waals surface area contributed by atoms with Gasteiger partial charge in [-0.15, -0.1) is 0 Å². The summed E-state index contributed by atoms with van der Waals surface area (Å²) >= 11 is 0. The first-order valence-corrected chi connectivity index (χ1v) is 9.60. The van der Waals surface area contributed by atoms with Crippen LogP contribution in [0.1, 0.15) is 60.4 Å². The van der Waals surface area contributed by atoms with Crippen LogP contribution in [0.4, 0.5) is 14.5 Å². The van der Waals surface area contributed by atoms with Gasteiger partial charge in [0.2, 0.25) is 0 Å². The van der Waals surface area contributed by atoms with Crippen molar-refractivity contribution in [3.05, 3.63) is 47.3 Å². The molecule has 1 saturated carbocycles. The number of anilines is 1. The number of hydrogen-bond donors (Lipinski definition) is 3. The summed E-state index contributed by atoms with van der Waals surface area (Å²) in [5.74, 6) is -3.42. The van der Waals surface area contributed by atoms with Crippen molar-refractivity contribution in [2.75, 3.05) is 5.32 Å². The molecule has 1 fully saturated rings. The monoisotopic (exact) mass is 406 g/mol. The first-order chi connectivity index (χ1) is 13.8. The largest absolute Gasteiger partial charge is 0.376 e. The zero-order chi connectivity index (χ0) is 21.0. The maximum Gasteiger partial charge on any atom is 0.271 e. The molecule has 156 valence electrons. The minimum absolute atomic E-state index is 0.0228. The molecule has 1 aliphatic carbocycles. The summed E-state index contributed by atoms with van der Waals surface area (Å²) < 4.78 is 33.4. The predicted octanol–water partition coefficient (Wildman–Crippen LogP) is 3.41. The normalized spacial score (nSPS) is 19.2. The van der Waals surface area contributed by atoms with Crippen molar-refractivity contribution in [1.29, 1.82) is 0 Å². The van der Waals surface area contributed by atoms with Gasteiger partial charge in [0.15, 0.2) is 0 Å². The van der Waals surface area contributed by atoms with Crippen molar-refractivity contribution < 1.29 is 23.1 Å². The van der Waals surface area contributed by atoms with E-state index in [1.807, 2.05) is 13.8 Å². The summed E-state index contributed by atoms with van der Waals surface area (Å²) in [6.07, 6.45) is 4.84. The topological polar surface area (TPSA) is 96.1 Å². The van der Waals surface area contributed by atoms with E-state index in [2.05, 4.69) is 20.8 Å². The van der Waals surface area contributed by atoms with E-state index in [1.165, 1.54) is 12.3 Å². The van der Waals surface area contributed by atoms with E-state index in [0.29, 0.717) is 0 Å². The number of rotatable bonds is 6. The van der Waals surface area contributed by atoms with E-state index in [0.717, 1.165) is 37.8 Å². The molecule has 2 amide bonds. The van der Waals surface area contributed by atoms with E-state index >= 15 is 0 Å². The number of nitrogens with one attached hydrogen (secondary N) is 3. The molecule has 0 spiro atoms. The Morgan fingerprint density at radius 2 is 1.79 bits per heavy atom. The predicted molar refractivity (Wildman–Crippen MR) is 103 cm³/mol. The number of carbonyl (C=O) groups is 2. The van der Waals surface area contributed by atoms with Crippen LogP contribution in [0.25, 0.3) is 0 Å². The molecule has 0 saturated heterocycles. The van der Waals surface area contributed by atoms with Gasteiger partial charge in [-0.25, -0.2) is 8.78 Å². The third-order valence-corrected chi connectivity index (χ3v) is 4.78. The number of aromatic amines is 1. The lowest BCUT2D eigenvalue weighted by Crippen LogP contribution is -2.40. The van der Waals surface area contributed by atoms with Gasteiger partial charge in [0.1, 0.15) is 22.9 Å². The molecule has 2 aromatic rings. The number of amides is 2. The van der Waals surface area contributed by atoms with Crippen LogP contribution in [0.15, 0.2) is 24.4 Å². The summed E-state index contributed by atoms with van der Waals surface area (Å²) in [5, 5.41) is 11.5. The second-order valence-electron chi connectivity index (χ2n) is 7.34. The van der Waals surface area contributed by atoms with Crippen LogP contribution in [0, 0.1) is 11.6 Å². The number of hydrogen-bond acceptors (Lipinski definition) is 4. The minimum Gasteiger partial charge on any atom is -0.376 e. The molecular weight excluding hydrogens is 382 g/mol. The van der Waals surface area contributed by atoms with Gasteiger partial charge in [-0.05, 0) is 51.7 Å². The average Bonchev–Trinajstić information content (AvgIpc) is 3.11. The van der Waals surface area contributed by atoms with Crippen LogP contribution in [0.2, 0.25) is 0 Å². The van der Waals surface area contributed by atoms with Crippen molar-refractivity contribution in [2.45, 2.75) is 57.8 Å². The Morgan fingerprint density at radius 3 is 2.41 bits per heavy atom. The Morgan fingerprint density at radius 1 is 1.14 bits per heavy atom. The number of benzene rings is 1. The third kappa shape index (κ3) is 5.17. The molecule has 9 heteroatoms. The van der Waals surface area contributed by atoms with E-state index in [1.54, 1.807) is 0 Å². The van der Waals surface area contributed by atoms with Crippen molar-refractivity contribution >= 4 is 17.5 Å². The molecule has 0 unspecified atom stereocenters. The number of H-pyrrole nitrogens is 1. The highest BCUT2D eigenvalue weighted by Gasteiger charge is 2.26. The fourth-order valence-electron chi connectivity index (χ4n) is 3.44. The van der Waals surface area contributed by atoms with Crippen LogP contribution in [0.5, 0.6) is 0 Å². The van der Waals surface area contributed by atoms with Gasteiger partial charge in [-0.2, -0.15) is 5.10 Å². The van der Waals surface area contributed by atoms with Crippen LogP contribution < -0.4 is 10.6 Å². The van der Waals surface area contributed by atoms with E-state index in [-0.39, 0.29) is 29.6 Å². The molecule has 0 aliphatic heterocycles. The van der Waals surface area contributed by atoms with Crippen molar-refractivity contribution in [1.82, 2.24) is 15.5 Å². The van der Waals surface area contributed by atoms with Crippen molar-refractivity contribution in [2.24, 2.45) is 0 Å². The van der Waals surface area contributed by atoms with Gasteiger partial charge in [0.25, 0.3) is 11.8 Å². The summed E-state index contributed by atoms with van der Waals surface area (Å²) in [6.45, 7) is 3.99. The fourth-order valence-corrected chi connectivity index (χ4v) is 3.44. The molecule has 3 N–H and O–H groups in total. The number of ether oxygens (including phenoxy) is 1. The quantitative estimate of drug-likeness (QED) is 0.685. The SMILES string of the molecule is CC(C)OC1CCC(NC(=O)c2[nH]ncc2NC(=O)c2c(F)cccc2F)CC1. The maximum absolute atomic E-state index is 13.8. The van der Waals surface area contributed by atoms with Gasteiger partial charge < -0.3 is 15.4 Å². The number of nitrogens with zero attached hydrogens (tertiary/aromatic N) is 1. The molecule has 3 rings (SSSR count). The Balaban J connectivity index is 1.61. The molecule has 0 bridgehead atoms. The minimum atomic E-state index is -0.998. The molecule has 1 heterocycles. The van der Waals surface area contributed by atoms with Gasteiger partial charge in [0.05, 0.1) is 24.1 Å². The van der Waals surface area contributed by atoms with Crippen molar-refractivity contribution in [3.8, 4) is 0 Å². The molecule has 1 aromatic carbocycles. The lowest BCUT2D eigenvalue weighted by molar-refractivity contribution is -0.0159. The lowest BCUT2D eigenvalue weighted by Gasteiger charge is -2.30. The molecular formula is C20H24F2N4O3. The molecule has 7 nitrogen and oxygen atoms in total. The highest BCUT2D eigenvalue weighted by Crippen LogP contribution is 2.23. The first kappa shape index (κ1) is 20.9. The maximum atomic E-state index is 13.8. The summed E-state index contributed by atoms with van der Waals surface area (Å²) in [6, 6.07) is 3.12. The van der Waals surface area contributed by atoms with Gasteiger partial charge in [0, 0.05) is 6.04 Å². The first-order valence-electron chi connectivity index (χ1n) is 9.60. The van der Waals surface area contributed by atoms with E-state index in [4.69, 9.17) is 4.74 Å². The zero-order valence-corrected chi connectivity index (χ0v) is 16.3. The number of carbonyl (C=O) groups excluding carboxylic acids is 2. The Kier molecular flexibility index (Phi) is 6.58. The molecule has 1 aromatic heterocycles. The van der Waals surface area contributed by atoms with E-state index in [9.17, 15) is 18.4 Å². The van der Waals surface area contributed by atoms with Crippen LogP contribution in [0.3, 0.4) is 0 Å². The Labute approximate surface area is 167 Å². The highest BCUT2D eigenvalue weighted by atomic mass is 19.1. The van der Waals surface area contributed by atoms with Crippen LogP contribution >= 0.6 is 0 Å². The van der Waals surface area contributed by atoms with Crippen molar-refractivity contribution in [3.63, 3.8) is 0 Å². The molecule has 1 aliphatic rings. The van der Waals surface area contributed by atoms with Crippen LogP contribution in [-0.4, -0.2) is 40.3 Å². The number of halogens is 2. The lowest BCUT2D eigenvalue weighted by atomic mass is 9.92. The fraction of sp³-hybridized carbons (Fsp3) is 0.450. The smallest absolute Gasteiger partial charge is 0.271 e. The van der Waals surface area contributed by atoms with Crippen LogP contribution in [-0.2, 0) is 4.74 Å². The second-order valence-corrected chi connectivity index (χ2v) is 7.34. The molecule has 29 heavy (non-hydrogen) atoms. The average molecular weight is 406 g/mol. The summed E-state index contributed by atoms with van der Waals surface area (Å²) in [7, 11) is 0. The third-order valence-electron chi connectivity index (χ3n) is 4.78. The highest BCUT2D eigenvalue weighted by molar-refractivity contribution is 6.08. The summed E-state index contributed by atoms with van der Waals surface area (Å²) in [5.41, 5.74) is -0.647. The van der Waals surface area contributed by atoms with Gasteiger partial charge in [-0.3, -0.25) is 14.7 Å². The van der Waals surface area contributed by atoms with Gasteiger partial charge in [-0.1, -0.05) is 6.07 Å². The second kappa shape index (κ2) is 9.13. The Hall–Kier alpha value is -2.81. The van der Waals surface area contributed by atoms with E-state index < -0.39 is 29.0 Å². The zero-order valence-electron chi connectivity index (χ0n) is 16.3.